The van der Waals surface area contributed by atoms with E-state index in [0.29, 0.717) is 5.92 Å². The van der Waals surface area contributed by atoms with Crippen molar-refractivity contribution in [2.75, 3.05) is 0 Å². The average Bonchev–Trinajstić information content (AvgIpc) is 3.24. The molecule has 0 saturated heterocycles. The van der Waals surface area contributed by atoms with E-state index >= 15 is 0 Å². The van der Waals surface area contributed by atoms with Crippen molar-refractivity contribution in [2.45, 2.75) is 50.4 Å². The maximum absolute atomic E-state index is 2.63. The van der Waals surface area contributed by atoms with Crippen LogP contribution in [0.1, 0.15) is 71.4 Å². The molecule has 0 heterocycles. The fraction of sp³-hybridized carbons (Fsp3) is 0.222. The van der Waals surface area contributed by atoms with Crippen LogP contribution in [0.5, 0.6) is 0 Å². The van der Waals surface area contributed by atoms with Gasteiger partial charge in [-0.05, 0) is 75.4 Å². The summed E-state index contributed by atoms with van der Waals surface area (Å²) >= 11 is 0. The summed E-state index contributed by atoms with van der Waals surface area (Å²) in [6, 6.07) is 41.4. The zero-order valence-corrected chi connectivity index (χ0v) is 21.0. The van der Waals surface area contributed by atoms with E-state index in [1.807, 2.05) is 0 Å². The molecule has 0 amide bonds. The van der Waals surface area contributed by atoms with Crippen molar-refractivity contribution in [1.82, 2.24) is 0 Å². The van der Waals surface area contributed by atoms with Crippen molar-refractivity contribution in [3.8, 4) is 11.1 Å². The highest BCUT2D eigenvalue weighted by Gasteiger charge is 2.47. The molecule has 0 aromatic heterocycles. The van der Waals surface area contributed by atoms with Crippen LogP contribution in [0.25, 0.3) is 21.9 Å². The fourth-order valence-electron chi connectivity index (χ4n) is 7.24. The van der Waals surface area contributed by atoms with Crippen LogP contribution < -0.4 is 0 Å². The van der Waals surface area contributed by atoms with Crippen LogP contribution in [0, 0.1) is 6.92 Å². The third-order valence-corrected chi connectivity index (χ3v) is 8.79. The van der Waals surface area contributed by atoms with E-state index in [1.165, 1.54) is 81.8 Å². The van der Waals surface area contributed by atoms with E-state index in [0.717, 1.165) is 0 Å². The Morgan fingerprint density at radius 2 is 1.19 bits per heavy atom. The van der Waals surface area contributed by atoms with Gasteiger partial charge in [0, 0.05) is 0 Å². The summed E-state index contributed by atoms with van der Waals surface area (Å²) in [6.45, 7) is 2.23. The number of hydrogen-bond donors (Lipinski definition) is 0. The molecule has 0 N–H and O–H groups in total. The van der Waals surface area contributed by atoms with E-state index in [9.17, 15) is 0 Å². The summed E-state index contributed by atoms with van der Waals surface area (Å²) in [5.74, 6) is 0.642. The average molecular weight is 465 g/mol. The first-order valence-corrected chi connectivity index (χ1v) is 13.6. The van der Waals surface area contributed by atoms with Gasteiger partial charge in [-0.25, -0.2) is 0 Å². The predicted molar refractivity (Wildman–Crippen MR) is 152 cm³/mol. The van der Waals surface area contributed by atoms with E-state index in [2.05, 4.69) is 116 Å². The molecule has 176 valence electrons. The predicted octanol–water partition coefficient (Wildman–Crippen LogP) is 9.56. The third-order valence-electron chi connectivity index (χ3n) is 8.79. The summed E-state index contributed by atoms with van der Waals surface area (Å²) < 4.78 is 0. The molecular formula is C36H32. The van der Waals surface area contributed by atoms with Gasteiger partial charge in [0.25, 0.3) is 0 Å². The van der Waals surface area contributed by atoms with Crippen LogP contribution in [0.3, 0.4) is 0 Å². The zero-order valence-electron chi connectivity index (χ0n) is 21.0. The Balaban J connectivity index is 1.67. The lowest BCUT2D eigenvalue weighted by Crippen LogP contribution is -2.29. The quantitative estimate of drug-likeness (QED) is 0.244. The molecule has 1 fully saturated rings. The molecule has 2 aliphatic carbocycles. The summed E-state index contributed by atoms with van der Waals surface area (Å²) in [4.78, 5) is 0. The molecule has 1 saturated carbocycles. The minimum atomic E-state index is -0.327. The van der Waals surface area contributed by atoms with Gasteiger partial charge in [0.05, 0.1) is 5.41 Å². The molecule has 0 unspecified atom stereocenters. The van der Waals surface area contributed by atoms with E-state index < -0.39 is 0 Å². The molecule has 0 nitrogen and oxygen atoms in total. The van der Waals surface area contributed by atoms with Crippen LogP contribution in [0.4, 0.5) is 0 Å². The van der Waals surface area contributed by atoms with Crippen LogP contribution in [0.2, 0.25) is 0 Å². The van der Waals surface area contributed by atoms with Crippen LogP contribution in [-0.4, -0.2) is 0 Å². The van der Waals surface area contributed by atoms with Crippen molar-refractivity contribution in [2.24, 2.45) is 0 Å². The Kier molecular flexibility index (Phi) is 5.10. The number of rotatable bonds is 3. The van der Waals surface area contributed by atoms with Gasteiger partial charge in [0.2, 0.25) is 0 Å². The van der Waals surface area contributed by atoms with E-state index in [4.69, 9.17) is 0 Å². The van der Waals surface area contributed by atoms with Crippen molar-refractivity contribution < 1.29 is 0 Å². The first kappa shape index (κ1) is 21.6. The Labute approximate surface area is 214 Å². The summed E-state index contributed by atoms with van der Waals surface area (Å²) in [7, 11) is 0. The molecule has 36 heavy (non-hydrogen) atoms. The van der Waals surface area contributed by atoms with E-state index in [-0.39, 0.29) is 5.41 Å². The molecule has 2 aliphatic rings. The van der Waals surface area contributed by atoms with Crippen molar-refractivity contribution in [3.63, 3.8) is 0 Å². The number of fused-ring (bicyclic) bond motifs is 5. The monoisotopic (exact) mass is 464 g/mol. The molecule has 7 rings (SSSR count). The number of benzene rings is 5. The molecular weight excluding hydrogens is 432 g/mol. The van der Waals surface area contributed by atoms with Crippen LogP contribution >= 0.6 is 0 Å². The molecule has 0 radical (unpaired) electrons. The molecule has 0 spiro atoms. The van der Waals surface area contributed by atoms with Gasteiger partial charge in [-0.3, -0.25) is 0 Å². The zero-order chi connectivity index (χ0) is 24.1. The van der Waals surface area contributed by atoms with E-state index in [1.54, 1.807) is 5.56 Å². The molecule has 0 heteroatoms. The second-order valence-electron chi connectivity index (χ2n) is 10.8. The maximum Gasteiger partial charge on any atom is 0.0713 e. The Morgan fingerprint density at radius 1 is 0.583 bits per heavy atom. The smallest absolute Gasteiger partial charge is 0.0622 e. The second kappa shape index (κ2) is 8.49. The van der Waals surface area contributed by atoms with Crippen molar-refractivity contribution in [3.05, 3.63) is 143 Å². The van der Waals surface area contributed by atoms with Crippen molar-refractivity contribution in [1.29, 1.82) is 0 Å². The van der Waals surface area contributed by atoms with Gasteiger partial charge in [0.1, 0.15) is 0 Å². The highest BCUT2D eigenvalue weighted by Crippen LogP contribution is 2.59. The summed E-state index contributed by atoms with van der Waals surface area (Å²) in [5.41, 5.74) is 10.9. The summed E-state index contributed by atoms with van der Waals surface area (Å²) in [5, 5.41) is 2.86. The maximum atomic E-state index is 2.63. The van der Waals surface area contributed by atoms with Crippen LogP contribution in [-0.2, 0) is 5.41 Å². The Bertz CT molecular complexity index is 1510. The third kappa shape index (κ3) is 3.07. The number of aryl methyl sites for hydroxylation is 1. The van der Waals surface area contributed by atoms with Gasteiger partial charge in [-0.15, -0.1) is 0 Å². The summed E-state index contributed by atoms with van der Waals surface area (Å²) in [6.07, 6.45) is 6.68. The van der Waals surface area contributed by atoms with Crippen molar-refractivity contribution >= 4 is 10.8 Å². The molecule has 5 aromatic carbocycles. The first-order chi connectivity index (χ1) is 17.8. The van der Waals surface area contributed by atoms with Gasteiger partial charge in [-0.1, -0.05) is 134 Å². The highest BCUT2D eigenvalue weighted by molar-refractivity contribution is 6.05. The fourth-order valence-corrected chi connectivity index (χ4v) is 7.24. The first-order valence-electron chi connectivity index (χ1n) is 13.6. The largest absolute Gasteiger partial charge is 0.0713 e. The normalized spacial score (nSPS) is 16.6. The van der Waals surface area contributed by atoms with Gasteiger partial charge < -0.3 is 0 Å². The van der Waals surface area contributed by atoms with Gasteiger partial charge in [0.15, 0.2) is 0 Å². The topological polar surface area (TPSA) is 0 Å². The van der Waals surface area contributed by atoms with Gasteiger partial charge in [-0.2, -0.15) is 0 Å². The molecule has 0 atom stereocenters. The standard InChI is InChI=1S/C36H32/c1-25-21-22-31-33(23-25)36(27-15-7-3-8-16-27,28-17-9-4-10-18-28)34-24-32(26-13-5-2-6-14-26)29-19-11-12-20-30(29)35(31)34/h3-4,7-12,15-24,26H,2,5-6,13-14H2,1H3. The molecule has 0 aliphatic heterocycles. The SMILES string of the molecule is Cc1ccc2c(c1)C(c1ccccc1)(c1ccccc1)c1cc(C3CCCCC3)c3ccccc3c1-2. The highest BCUT2D eigenvalue weighted by atomic mass is 14.5. The van der Waals surface area contributed by atoms with Crippen LogP contribution in [0.15, 0.2) is 109 Å². The molecule has 0 bridgehead atoms. The lowest BCUT2D eigenvalue weighted by Gasteiger charge is -2.35. The minimum Gasteiger partial charge on any atom is -0.0622 e. The Morgan fingerprint density at radius 3 is 1.86 bits per heavy atom. The molecule has 5 aromatic rings. The Hall–Kier alpha value is -3.64. The lowest BCUT2D eigenvalue weighted by atomic mass is 9.66. The second-order valence-corrected chi connectivity index (χ2v) is 10.8. The lowest BCUT2D eigenvalue weighted by molar-refractivity contribution is 0.445. The number of hydrogen-bond acceptors (Lipinski definition) is 0. The minimum absolute atomic E-state index is 0.327. The van der Waals surface area contributed by atoms with Gasteiger partial charge >= 0.3 is 0 Å².